The van der Waals surface area contributed by atoms with Gasteiger partial charge in [0.1, 0.15) is 0 Å². The molecule has 0 unspecified atom stereocenters. The molecule has 1 heterocycles. The van der Waals surface area contributed by atoms with E-state index in [9.17, 15) is 0 Å². The Morgan fingerprint density at radius 2 is 1.93 bits per heavy atom. The van der Waals surface area contributed by atoms with Crippen LogP contribution in [-0.2, 0) is 0 Å². The van der Waals surface area contributed by atoms with Crippen LogP contribution in [0.15, 0.2) is 4.99 Å². The molecule has 2 aliphatic rings. The first-order chi connectivity index (χ1) is 6.91. The van der Waals surface area contributed by atoms with Crippen LogP contribution in [0.5, 0.6) is 0 Å². The summed E-state index contributed by atoms with van der Waals surface area (Å²) in [5.74, 6) is 1.50. The topological polar surface area (TPSA) is 50.4 Å². The lowest BCUT2D eigenvalue weighted by Gasteiger charge is -2.42. The van der Waals surface area contributed by atoms with Crippen molar-refractivity contribution in [1.82, 2.24) is 5.32 Å². The van der Waals surface area contributed by atoms with E-state index in [0.717, 1.165) is 12.5 Å². The van der Waals surface area contributed by atoms with Crippen molar-refractivity contribution in [3.63, 3.8) is 0 Å². The first-order valence-corrected chi connectivity index (χ1v) is 5.99. The van der Waals surface area contributed by atoms with E-state index in [4.69, 9.17) is 5.73 Å². The van der Waals surface area contributed by atoms with Crippen LogP contribution in [-0.4, -0.2) is 18.0 Å². The summed E-state index contributed by atoms with van der Waals surface area (Å²) >= 11 is 0. The normalized spacial score (nSPS) is 36.5. The van der Waals surface area contributed by atoms with Crippen molar-refractivity contribution in [3.05, 3.63) is 0 Å². The highest BCUT2D eigenvalue weighted by atomic mass is 15.2. The second kappa shape index (κ2) is 3.39. The van der Waals surface area contributed by atoms with Gasteiger partial charge in [-0.3, -0.25) is 4.99 Å². The summed E-state index contributed by atoms with van der Waals surface area (Å²) in [5, 5.41) is 3.37. The van der Waals surface area contributed by atoms with Crippen molar-refractivity contribution in [2.45, 2.75) is 52.0 Å². The van der Waals surface area contributed by atoms with Gasteiger partial charge in [-0.1, -0.05) is 20.8 Å². The molecule has 1 saturated carbocycles. The molecule has 1 aliphatic heterocycles. The smallest absolute Gasteiger partial charge is 0.189 e. The fraction of sp³-hybridized carbons (Fsp3) is 0.917. The number of hydrogen-bond donors (Lipinski definition) is 2. The van der Waals surface area contributed by atoms with Gasteiger partial charge < -0.3 is 11.1 Å². The summed E-state index contributed by atoms with van der Waals surface area (Å²) in [6.07, 6.45) is 5.05. The van der Waals surface area contributed by atoms with Crippen molar-refractivity contribution in [3.8, 4) is 0 Å². The third kappa shape index (κ3) is 2.11. The number of nitrogens with one attached hydrogen (secondary N) is 1. The van der Waals surface area contributed by atoms with Crippen LogP contribution in [0.1, 0.15) is 46.5 Å². The van der Waals surface area contributed by atoms with Gasteiger partial charge in [0.2, 0.25) is 0 Å². The van der Waals surface area contributed by atoms with Crippen LogP contribution >= 0.6 is 0 Å². The van der Waals surface area contributed by atoms with E-state index in [1.165, 1.54) is 25.7 Å². The van der Waals surface area contributed by atoms with Crippen molar-refractivity contribution in [2.75, 3.05) is 6.54 Å². The third-order valence-electron chi connectivity index (χ3n) is 4.11. The molecule has 3 N–H and O–H groups in total. The maximum atomic E-state index is 5.70. The Kier molecular flexibility index (Phi) is 2.44. The molecular weight excluding hydrogens is 186 g/mol. The minimum Gasteiger partial charge on any atom is -0.370 e. The molecule has 0 radical (unpaired) electrons. The molecule has 3 nitrogen and oxygen atoms in total. The minimum atomic E-state index is 0.214. The third-order valence-corrected chi connectivity index (χ3v) is 4.11. The Hall–Kier alpha value is -0.730. The van der Waals surface area contributed by atoms with Gasteiger partial charge in [0.05, 0.1) is 12.1 Å². The fourth-order valence-corrected chi connectivity index (χ4v) is 2.91. The van der Waals surface area contributed by atoms with E-state index in [0.29, 0.717) is 11.4 Å². The van der Waals surface area contributed by atoms with Crippen molar-refractivity contribution >= 4 is 5.96 Å². The number of nitrogens with zero attached hydrogens (tertiary/aromatic N) is 1. The quantitative estimate of drug-likeness (QED) is 0.640. The number of hydrogen-bond acceptors (Lipinski definition) is 3. The maximum absolute atomic E-state index is 5.70. The second-order valence-electron chi connectivity index (χ2n) is 6.25. The Balaban J connectivity index is 1.93. The fourth-order valence-electron chi connectivity index (χ4n) is 2.91. The Morgan fingerprint density at radius 3 is 2.33 bits per heavy atom. The monoisotopic (exact) mass is 209 g/mol. The van der Waals surface area contributed by atoms with E-state index in [1.54, 1.807) is 0 Å². The number of rotatable bonds is 0. The van der Waals surface area contributed by atoms with Gasteiger partial charge in [-0.15, -0.1) is 0 Å². The van der Waals surface area contributed by atoms with Gasteiger partial charge in [0.15, 0.2) is 5.96 Å². The zero-order valence-electron chi connectivity index (χ0n) is 10.1. The summed E-state index contributed by atoms with van der Waals surface area (Å²) in [4.78, 5) is 4.28. The molecule has 3 heteroatoms. The predicted molar refractivity (Wildman–Crippen MR) is 63.8 cm³/mol. The Bertz CT molecular complexity index is 267. The van der Waals surface area contributed by atoms with E-state index >= 15 is 0 Å². The number of nitrogens with two attached hydrogens (primary N) is 1. The van der Waals surface area contributed by atoms with E-state index in [2.05, 4.69) is 31.1 Å². The highest BCUT2D eigenvalue weighted by Gasteiger charge is 2.40. The van der Waals surface area contributed by atoms with Crippen LogP contribution in [0.25, 0.3) is 0 Å². The molecule has 0 bridgehead atoms. The van der Waals surface area contributed by atoms with Gasteiger partial charge in [-0.2, -0.15) is 0 Å². The number of aliphatic imine (C=N–C) groups is 1. The lowest BCUT2D eigenvalue weighted by atomic mass is 9.67. The summed E-state index contributed by atoms with van der Waals surface area (Å²) in [7, 11) is 0. The summed E-state index contributed by atoms with van der Waals surface area (Å²) in [5.41, 5.74) is 6.36. The molecule has 0 aromatic rings. The molecule has 15 heavy (non-hydrogen) atoms. The maximum Gasteiger partial charge on any atom is 0.189 e. The van der Waals surface area contributed by atoms with Crippen LogP contribution in [0.4, 0.5) is 0 Å². The van der Waals surface area contributed by atoms with Gasteiger partial charge >= 0.3 is 0 Å². The SMILES string of the molecule is CC(C)(C)C1CCC2(CC1)CN=C(N)N2. The van der Waals surface area contributed by atoms with Gasteiger partial charge in [-0.25, -0.2) is 0 Å². The minimum absolute atomic E-state index is 0.214. The summed E-state index contributed by atoms with van der Waals surface area (Å²) < 4.78 is 0. The van der Waals surface area contributed by atoms with Crippen LogP contribution < -0.4 is 11.1 Å². The average molecular weight is 209 g/mol. The van der Waals surface area contributed by atoms with Crippen LogP contribution in [0, 0.1) is 11.3 Å². The second-order valence-corrected chi connectivity index (χ2v) is 6.25. The molecule has 0 aromatic heterocycles. The predicted octanol–water partition coefficient (Wildman–Crippen LogP) is 1.88. The first-order valence-electron chi connectivity index (χ1n) is 5.99. The van der Waals surface area contributed by atoms with Crippen molar-refractivity contribution in [2.24, 2.45) is 22.1 Å². The molecule has 1 fully saturated rings. The van der Waals surface area contributed by atoms with Gasteiger partial charge in [0.25, 0.3) is 0 Å². The Labute approximate surface area is 92.5 Å². The van der Waals surface area contributed by atoms with Gasteiger partial charge in [-0.05, 0) is 37.0 Å². The van der Waals surface area contributed by atoms with E-state index in [1.807, 2.05) is 0 Å². The van der Waals surface area contributed by atoms with E-state index < -0.39 is 0 Å². The lowest BCUT2D eigenvalue weighted by molar-refractivity contribution is 0.132. The average Bonchev–Trinajstić information content (AvgIpc) is 2.47. The van der Waals surface area contributed by atoms with Crippen LogP contribution in [0.2, 0.25) is 0 Å². The lowest BCUT2D eigenvalue weighted by Crippen LogP contribution is -2.51. The standard InChI is InChI=1S/C12H23N3/c1-11(2,3)9-4-6-12(7-5-9)8-14-10(13)15-12/h9H,4-8H2,1-3H3,(H3,13,14,15). The molecule has 2 rings (SSSR count). The molecule has 0 amide bonds. The molecule has 0 atom stereocenters. The molecule has 1 spiro atoms. The molecule has 86 valence electrons. The highest BCUT2D eigenvalue weighted by Crippen LogP contribution is 2.42. The molecule has 0 aromatic carbocycles. The largest absolute Gasteiger partial charge is 0.370 e. The number of guanidine groups is 1. The van der Waals surface area contributed by atoms with E-state index in [-0.39, 0.29) is 5.54 Å². The Morgan fingerprint density at radius 1 is 1.33 bits per heavy atom. The zero-order valence-corrected chi connectivity index (χ0v) is 10.1. The van der Waals surface area contributed by atoms with Crippen LogP contribution in [0.3, 0.4) is 0 Å². The summed E-state index contributed by atoms with van der Waals surface area (Å²) in [6.45, 7) is 7.93. The van der Waals surface area contributed by atoms with Crippen molar-refractivity contribution in [1.29, 1.82) is 0 Å². The first kappa shape index (κ1) is 10.8. The molecule has 0 saturated heterocycles. The summed E-state index contributed by atoms with van der Waals surface area (Å²) in [6, 6.07) is 0. The molecule has 1 aliphatic carbocycles. The van der Waals surface area contributed by atoms with Crippen molar-refractivity contribution < 1.29 is 0 Å². The zero-order chi connectivity index (χ0) is 11.1. The van der Waals surface area contributed by atoms with Gasteiger partial charge in [0, 0.05) is 0 Å². The molecular formula is C12H23N3. The highest BCUT2D eigenvalue weighted by molar-refractivity contribution is 5.80.